The van der Waals surface area contributed by atoms with Crippen LogP contribution in [-0.4, -0.2) is 29.1 Å². The number of aromatic nitrogens is 2. The van der Waals surface area contributed by atoms with Crippen molar-refractivity contribution in [1.29, 1.82) is 0 Å². The van der Waals surface area contributed by atoms with Crippen molar-refractivity contribution < 1.29 is 0 Å². The number of halogens is 1. The molecule has 0 saturated heterocycles. The first-order valence-electron chi connectivity index (χ1n) is 8.11. The van der Waals surface area contributed by atoms with Crippen molar-refractivity contribution in [2.45, 2.75) is 39.3 Å². The summed E-state index contributed by atoms with van der Waals surface area (Å²) in [7, 11) is 2.17. The van der Waals surface area contributed by atoms with Gasteiger partial charge in [-0.15, -0.1) is 0 Å². The summed E-state index contributed by atoms with van der Waals surface area (Å²) in [5, 5.41) is 4.89. The Kier molecular flexibility index (Phi) is 4.71. The standard InChI is InChI=1S/C18H23ClN4/c1-13(11-23-12-15(19)10-21-23)9-20-17-5-4-6-18-16(17)8-7-14(2)22(18)3/h4-6,9-10,12-14H,7-8,11H2,1-3H3. The third kappa shape index (κ3) is 3.58. The molecular weight excluding hydrogens is 308 g/mol. The summed E-state index contributed by atoms with van der Waals surface area (Å²) in [6.07, 6.45) is 7.79. The molecule has 2 heterocycles. The van der Waals surface area contributed by atoms with E-state index < -0.39 is 0 Å². The molecule has 5 heteroatoms. The van der Waals surface area contributed by atoms with Crippen LogP contribution in [0.2, 0.25) is 5.02 Å². The van der Waals surface area contributed by atoms with Gasteiger partial charge in [0.15, 0.2) is 0 Å². The van der Waals surface area contributed by atoms with Gasteiger partial charge in [-0.05, 0) is 31.9 Å². The van der Waals surface area contributed by atoms with Crippen LogP contribution < -0.4 is 4.90 Å². The van der Waals surface area contributed by atoms with Crippen molar-refractivity contribution in [1.82, 2.24) is 9.78 Å². The molecule has 1 aliphatic heterocycles. The highest BCUT2D eigenvalue weighted by Gasteiger charge is 2.21. The number of hydrogen-bond acceptors (Lipinski definition) is 3. The fourth-order valence-corrected chi connectivity index (χ4v) is 3.20. The van der Waals surface area contributed by atoms with E-state index in [9.17, 15) is 0 Å². The Labute approximate surface area is 142 Å². The second-order valence-corrected chi connectivity index (χ2v) is 6.85. The molecule has 122 valence electrons. The maximum absolute atomic E-state index is 5.90. The number of aliphatic imine (C=N–C) groups is 1. The van der Waals surface area contributed by atoms with Gasteiger partial charge < -0.3 is 4.90 Å². The molecule has 2 aromatic rings. The molecule has 1 aromatic carbocycles. The Morgan fingerprint density at radius 1 is 1.48 bits per heavy atom. The molecular formula is C18H23ClN4. The second kappa shape index (κ2) is 6.75. The molecule has 0 radical (unpaired) electrons. The van der Waals surface area contributed by atoms with Crippen LogP contribution in [-0.2, 0) is 13.0 Å². The molecule has 4 nitrogen and oxygen atoms in total. The van der Waals surface area contributed by atoms with Crippen molar-refractivity contribution in [3.63, 3.8) is 0 Å². The van der Waals surface area contributed by atoms with Gasteiger partial charge in [-0.1, -0.05) is 24.6 Å². The van der Waals surface area contributed by atoms with E-state index in [0.29, 0.717) is 17.0 Å². The van der Waals surface area contributed by atoms with Gasteiger partial charge in [0.25, 0.3) is 0 Å². The van der Waals surface area contributed by atoms with Crippen molar-refractivity contribution >= 4 is 29.2 Å². The summed E-state index contributed by atoms with van der Waals surface area (Å²) in [4.78, 5) is 7.11. The summed E-state index contributed by atoms with van der Waals surface area (Å²) in [5.41, 5.74) is 3.76. The summed E-state index contributed by atoms with van der Waals surface area (Å²) in [6.45, 7) is 5.20. The highest BCUT2D eigenvalue weighted by molar-refractivity contribution is 6.30. The molecule has 2 unspecified atom stereocenters. The topological polar surface area (TPSA) is 33.4 Å². The highest BCUT2D eigenvalue weighted by Crippen LogP contribution is 2.35. The largest absolute Gasteiger partial charge is 0.372 e. The van der Waals surface area contributed by atoms with Crippen LogP contribution in [0.1, 0.15) is 25.8 Å². The predicted octanol–water partition coefficient (Wildman–Crippen LogP) is 4.35. The molecule has 0 aliphatic carbocycles. The monoisotopic (exact) mass is 330 g/mol. The van der Waals surface area contributed by atoms with Crippen LogP contribution in [0.5, 0.6) is 0 Å². The average Bonchev–Trinajstić information content (AvgIpc) is 2.94. The SMILES string of the molecule is CC(C=Nc1cccc2c1CCC(C)N2C)Cn1cc(Cl)cn1. The zero-order valence-electron chi connectivity index (χ0n) is 13.9. The number of hydrogen-bond donors (Lipinski definition) is 0. The van der Waals surface area contributed by atoms with Gasteiger partial charge in [0.05, 0.1) is 16.9 Å². The van der Waals surface area contributed by atoms with E-state index in [1.165, 1.54) is 17.7 Å². The minimum Gasteiger partial charge on any atom is -0.372 e. The van der Waals surface area contributed by atoms with Crippen molar-refractivity contribution in [3.05, 3.63) is 41.2 Å². The number of rotatable bonds is 4. The van der Waals surface area contributed by atoms with Gasteiger partial charge in [0.2, 0.25) is 0 Å². The number of benzene rings is 1. The van der Waals surface area contributed by atoms with Crippen molar-refractivity contribution in [2.24, 2.45) is 10.9 Å². The molecule has 3 rings (SSSR count). The summed E-state index contributed by atoms with van der Waals surface area (Å²) in [6, 6.07) is 6.98. The second-order valence-electron chi connectivity index (χ2n) is 6.41. The minimum atomic E-state index is 0.294. The molecule has 2 atom stereocenters. The fraction of sp³-hybridized carbons (Fsp3) is 0.444. The zero-order valence-corrected chi connectivity index (χ0v) is 14.7. The van der Waals surface area contributed by atoms with Crippen LogP contribution in [0.25, 0.3) is 0 Å². The Hall–Kier alpha value is -1.81. The highest BCUT2D eigenvalue weighted by atomic mass is 35.5. The van der Waals surface area contributed by atoms with Crippen molar-refractivity contribution in [3.8, 4) is 0 Å². The average molecular weight is 331 g/mol. The normalized spacial score (nSPS) is 19.1. The Balaban J connectivity index is 1.75. The summed E-state index contributed by atoms with van der Waals surface area (Å²) >= 11 is 5.90. The fourth-order valence-electron chi connectivity index (χ4n) is 3.04. The molecule has 0 fully saturated rings. The lowest BCUT2D eigenvalue weighted by Gasteiger charge is -2.34. The maximum Gasteiger partial charge on any atom is 0.0785 e. The van der Waals surface area contributed by atoms with Crippen LogP contribution >= 0.6 is 11.6 Å². The Morgan fingerprint density at radius 3 is 3.04 bits per heavy atom. The van der Waals surface area contributed by atoms with Gasteiger partial charge in [-0.3, -0.25) is 9.67 Å². The van der Waals surface area contributed by atoms with E-state index in [4.69, 9.17) is 16.6 Å². The van der Waals surface area contributed by atoms with Gasteiger partial charge in [-0.25, -0.2) is 0 Å². The quantitative estimate of drug-likeness (QED) is 0.781. The maximum atomic E-state index is 5.90. The molecule has 0 saturated carbocycles. The lowest BCUT2D eigenvalue weighted by atomic mass is 9.96. The Bertz CT molecular complexity index is 707. The van der Waals surface area contributed by atoms with Crippen LogP contribution in [0.4, 0.5) is 11.4 Å². The third-order valence-corrected chi connectivity index (χ3v) is 4.72. The Morgan fingerprint density at radius 2 is 2.30 bits per heavy atom. The van der Waals surface area contributed by atoms with E-state index in [2.05, 4.69) is 49.1 Å². The van der Waals surface area contributed by atoms with Gasteiger partial charge >= 0.3 is 0 Å². The zero-order chi connectivity index (χ0) is 16.4. The van der Waals surface area contributed by atoms with Crippen LogP contribution in [0.15, 0.2) is 35.6 Å². The first kappa shape index (κ1) is 16.1. The number of nitrogens with zero attached hydrogens (tertiary/aromatic N) is 4. The lowest BCUT2D eigenvalue weighted by Crippen LogP contribution is -2.33. The van der Waals surface area contributed by atoms with Crippen molar-refractivity contribution in [2.75, 3.05) is 11.9 Å². The molecule has 0 amide bonds. The van der Waals surface area contributed by atoms with E-state index in [0.717, 1.165) is 18.7 Å². The first-order chi connectivity index (χ1) is 11.0. The molecule has 0 N–H and O–H groups in total. The van der Waals surface area contributed by atoms with Crippen LogP contribution in [0.3, 0.4) is 0 Å². The lowest BCUT2D eigenvalue weighted by molar-refractivity contribution is 0.547. The van der Waals surface area contributed by atoms with E-state index in [-0.39, 0.29) is 0 Å². The van der Waals surface area contributed by atoms with E-state index in [1.54, 1.807) is 6.20 Å². The van der Waals surface area contributed by atoms with Crippen LogP contribution in [0, 0.1) is 5.92 Å². The first-order valence-corrected chi connectivity index (χ1v) is 8.49. The third-order valence-electron chi connectivity index (χ3n) is 4.52. The number of anilines is 1. The predicted molar refractivity (Wildman–Crippen MR) is 97.2 cm³/mol. The van der Waals surface area contributed by atoms with Gasteiger partial charge in [-0.2, -0.15) is 5.10 Å². The van der Waals surface area contributed by atoms with E-state index in [1.807, 2.05) is 17.1 Å². The molecule has 1 aliphatic rings. The summed E-state index contributed by atoms with van der Waals surface area (Å²) in [5.74, 6) is 0.294. The van der Waals surface area contributed by atoms with Gasteiger partial charge in [0.1, 0.15) is 0 Å². The number of fused-ring (bicyclic) bond motifs is 1. The molecule has 0 spiro atoms. The molecule has 1 aromatic heterocycles. The summed E-state index contributed by atoms with van der Waals surface area (Å²) < 4.78 is 1.86. The van der Waals surface area contributed by atoms with E-state index >= 15 is 0 Å². The van der Waals surface area contributed by atoms with Gasteiger partial charge in [0, 0.05) is 49.2 Å². The minimum absolute atomic E-state index is 0.294. The molecule has 23 heavy (non-hydrogen) atoms. The molecule has 0 bridgehead atoms. The smallest absolute Gasteiger partial charge is 0.0785 e.